The van der Waals surface area contributed by atoms with Crippen LogP contribution >= 0.6 is 0 Å². The van der Waals surface area contributed by atoms with Gasteiger partial charge in [0, 0.05) is 23.5 Å². The highest BCUT2D eigenvalue weighted by Gasteiger charge is 2.20. The molecule has 5 nitrogen and oxygen atoms in total. The van der Waals surface area contributed by atoms with Crippen molar-refractivity contribution in [3.05, 3.63) is 60.8 Å². The number of hydrogen-bond donors (Lipinski definition) is 0. The molecule has 0 atom stereocenters. The third-order valence-corrected chi connectivity index (χ3v) is 4.12. The third-order valence-electron chi connectivity index (χ3n) is 4.12. The Morgan fingerprint density at radius 2 is 1.62 bits per heavy atom. The molecule has 0 bridgehead atoms. The van der Waals surface area contributed by atoms with Gasteiger partial charge in [-0.3, -0.25) is 9.99 Å². The Morgan fingerprint density at radius 3 is 2.33 bits per heavy atom. The van der Waals surface area contributed by atoms with Crippen LogP contribution < -0.4 is 5.01 Å². The number of aromatic nitrogens is 3. The van der Waals surface area contributed by atoms with E-state index in [0.29, 0.717) is 13.2 Å². The van der Waals surface area contributed by atoms with E-state index in [0.717, 1.165) is 35.5 Å². The number of halogens is 1. The monoisotopic (exact) mass is 324 g/mol. The Bertz CT molecular complexity index is 811. The SMILES string of the molecule is Fc1ccc(-c2c(-c3ccncc3)cnn2N2CCOCC2)cc1. The van der Waals surface area contributed by atoms with Gasteiger partial charge in [-0.15, -0.1) is 0 Å². The predicted molar refractivity (Wildman–Crippen MR) is 89.6 cm³/mol. The second-order valence-corrected chi connectivity index (χ2v) is 5.61. The second kappa shape index (κ2) is 6.41. The van der Waals surface area contributed by atoms with E-state index in [2.05, 4.69) is 15.1 Å². The Morgan fingerprint density at radius 1 is 0.917 bits per heavy atom. The first kappa shape index (κ1) is 14.8. The largest absolute Gasteiger partial charge is 0.378 e. The molecule has 2 aromatic heterocycles. The molecule has 3 heterocycles. The van der Waals surface area contributed by atoms with E-state index in [4.69, 9.17) is 4.74 Å². The molecule has 1 saturated heterocycles. The zero-order valence-corrected chi connectivity index (χ0v) is 13.1. The first-order valence-corrected chi connectivity index (χ1v) is 7.90. The number of hydrogen-bond acceptors (Lipinski definition) is 4. The van der Waals surface area contributed by atoms with Gasteiger partial charge in [0.2, 0.25) is 0 Å². The molecule has 0 amide bonds. The van der Waals surface area contributed by atoms with E-state index in [9.17, 15) is 4.39 Å². The van der Waals surface area contributed by atoms with Crippen molar-refractivity contribution in [3.8, 4) is 22.4 Å². The van der Waals surface area contributed by atoms with Crippen molar-refractivity contribution in [2.24, 2.45) is 0 Å². The van der Waals surface area contributed by atoms with Crippen molar-refractivity contribution < 1.29 is 9.13 Å². The van der Waals surface area contributed by atoms with Crippen molar-refractivity contribution in [1.82, 2.24) is 14.9 Å². The number of morpholine rings is 1. The summed E-state index contributed by atoms with van der Waals surface area (Å²) < 4.78 is 18.8. The molecule has 0 radical (unpaired) electrons. The molecular weight excluding hydrogens is 307 g/mol. The number of pyridine rings is 1. The molecule has 0 unspecified atom stereocenters. The van der Waals surface area contributed by atoms with Crippen molar-refractivity contribution in [1.29, 1.82) is 0 Å². The topological polar surface area (TPSA) is 43.2 Å². The molecule has 122 valence electrons. The minimum Gasteiger partial charge on any atom is -0.378 e. The first-order chi connectivity index (χ1) is 11.8. The highest BCUT2D eigenvalue weighted by molar-refractivity contribution is 5.80. The van der Waals surface area contributed by atoms with Crippen LogP contribution in [0.15, 0.2) is 55.0 Å². The van der Waals surface area contributed by atoms with E-state index in [-0.39, 0.29) is 5.82 Å². The summed E-state index contributed by atoms with van der Waals surface area (Å²) in [5, 5.41) is 6.73. The van der Waals surface area contributed by atoms with E-state index in [1.807, 2.05) is 23.1 Å². The van der Waals surface area contributed by atoms with Gasteiger partial charge < -0.3 is 4.74 Å². The molecule has 1 aliphatic rings. The van der Waals surface area contributed by atoms with Crippen molar-refractivity contribution in [2.75, 3.05) is 31.3 Å². The van der Waals surface area contributed by atoms with Gasteiger partial charge >= 0.3 is 0 Å². The molecule has 24 heavy (non-hydrogen) atoms. The Labute approximate surface area is 139 Å². The van der Waals surface area contributed by atoms with Crippen LogP contribution in [0.2, 0.25) is 0 Å². The molecule has 0 spiro atoms. The molecule has 0 N–H and O–H groups in total. The van der Waals surface area contributed by atoms with Gasteiger partial charge in [-0.1, -0.05) is 0 Å². The maximum absolute atomic E-state index is 13.3. The minimum atomic E-state index is -0.248. The molecule has 0 saturated carbocycles. The van der Waals surface area contributed by atoms with Gasteiger partial charge in [0.1, 0.15) is 5.82 Å². The van der Waals surface area contributed by atoms with Crippen LogP contribution in [0.25, 0.3) is 22.4 Å². The molecule has 0 aliphatic carbocycles. The lowest BCUT2D eigenvalue weighted by molar-refractivity contribution is 0.109. The van der Waals surface area contributed by atoms with Crippen molar-refractivity contribution in [2.45, 2.75) is 0 Å². The molecule has 1 aliphatic heterocycles. The van der Waals surface area contributed by atoms with E-state index in [1.54, 1.807) is 24.5 Å². The lowest BCUT2D eigenvalue weighted by atomic mass is 10.0. The Balaban J connectivity index is 1.85. The normalized spacial score (nSPS) is 14.8. The highest BCUT2D eigenvalue weighted by atomic mass is 19.1. The Hall–Kier alpha value is -2.73. The Kier molecular flexibility index (Phi) is 3.96. The van der Waals surface area contributed by atoms with Gasteiger partial charge in [-0.2, -0.15) is 9.89 Å². The van der Waals surface area contributed by atoms with Crippen molar-refractivity contribution >= 4 is 0 Å². The lowest BCUT2D eigenvalue weighted by Gasteiger charge is -2.30. The summed E-state index contributed by atoms with van der Waals surface area (Å²) in [5.41, 5.74) is 3.90. The molecule has 4 rings (SSSR count). The smallest absolute Gasteiger partial charge is 0.123 e. The van der Waals surface area contributed by atoms with Gasteiger partial charge in [0.25, 0.3) is 0 Å². The van der Waals surface area contributed by atoms with Crippen LogP contribution in [-0.4, -0.2) is 41.2 Å². The highest BCUT2D eigenvalue weighted by Crippen LogP contribution is 2.32. The van der Waals surface area contributed by atoms with E-state index < -0.39 is 0 Å². The van der Waals surface area contributed by atoms with Crippen LogP contribution in [0.1, 0.15) is 0 Å². The average molecular weight is 324 g/mol. The predicted octanol–water partition coefficient (Wildman–Crippen LogP) is 2.72. The zero-order chi connectivity index (χ0) is 16.4. The summed E-state index contributed by atoms with van der Waals surface area (Å²) in [6, 6.07) is 10.4. The molecule has 1 fully saturated rings. The van der Waals surface area contributed by atoms with Crippen LogP contribution in [0, 0.1) is 5.82 Å². The average Bonchev–Trinajstić information content (AvgIpc) is 3.09. The molecule has 3 aromatic rings. The van der Waals surface area contributed by atoms with Crippen LogP contribution in [0.4, 0.5) is 4.39 Å². The van der Waals surface area contributed by atoms with E-state index in [1.165, 1.54) is 12.1 Å². The summed E-state index contributed by atoms with van der Waals surface area (Å²) >= 11 is 0. The fraction of sp³-hybridized carbons (Fsp3) is 0.222. The minimum absolute atomic E-state index is 0.248. The van der Waals surface area contributed by atoms with Crippen LogP contribution in [0.3, 0.4) is 0 Å². The van der Waals surface area contributed by atoms with Gasteiger partial charge in [0.15, 0.2) is 0 Å². The van der Waals surface area contributed by atoms with Crippen LogP contribution in [0.5, 0.6) is 0 Å². The maximum atomic E-state index is 13.3. The van der Waals surface area contributed by atoms with Gasteiger partial charge in [-0.25, -0.2) is 4.39 Å². The van der Waals surface area contributed by atoms with Gasteiger partial charge in [0.05, 0.1) is 38.2 Å². The summed E-state index contributed by atoms with van der Waals surface area (Å²) in [7, 11) is 0. The van der Waals surface area contributed by atoms with E-state index >= 15 is 0 Å². The summed E-state index contributed by atoms with van der Waals surface area (Å²) in [4.78, 5) is 5.99. The summed E-state index contributed by atoms with van der Waals surface area (Å²) in [6.45, 7) is 2.89. The fourth-order valence-electron chi connectivity index (χ4n) is 2.92. The number of ether oxygens (including phenoxy) is 1. The standard InChI is InChI=1S/C18H17FN4O/c19-16-3-1-15(2-4-16)18-17(14-5-7-20-8-6-14)13-21-23(18)22-9-11-24-12-10-22/h1-8,13H,9-12H2. The quantitative estimate of drug-likeness (QED) is 0.743. The molecule has 1 aromatic carbocycles. The van der Waals surface area contributed by atoms with Gasteiger partial charge in [-0.05, 0) is 42.0 Å². The lowest BCUT2D eigenvalue weighted by Crippen LogP contribution is -2.44. The zero-order valence-electron chi connectivity index (χ0n) is 13.1. The van der Waals surface area contributed by atoms with Crippen molar-refractivity contribution in [3.63, 3.8) is 0 Å². The summed E-state index contributed by atoms with van der Waals surface area (Å²) in [5.74, 6) is -0.248. The molecule has 6 heteroatoms. The fourth-order valence-corrected chi connectivity index (χ4v) is 2.92. The third kappa shape index (κ3) is 2.76. The summed E-state index contributed by atoms with van der Waals surface area (Å²) in [6.07, 6.45) is 5.37. The number of benzene rings is 1. The van der Waals surface area contributed by atoms with Crippen LogP contribution in [-0.2, 0) is 4.74 Å². The first-order valence-electron chi connectivity index (χ1n) is 7.90. The number of rotatable bonds is 3. The second-order valence-electron chi connectivity index (χ2n) is 5.61. The maximum Gasteiger partial charge on any atom is 0.123 e. The molecular formula is C18H17FN4O. The number of nitrogens with zero attached hydrogens (tertiary/aromatic N) is 4.